The molecule has 6 nitrogen and oxygen atoms in total. The second-order valence-corrected chi connectivity index (χ2v) is 6.51. The van der Waals surface area contributed by atoms with Crippen molar-refractivity contribution < 1.29 is 23.2 Å². The number of ketones is 1. The second kappa shape index (κ2) is 6.79. The Labute approximate surface area is 118 Å². The Hall–Kier alpha value is -1.49. The smallest absolute Gasteiger partial charge is 0.336 e. The number of Topliss-reactive ketones (excluding diaryl/α,β-unsaturated/α-hetero) is 1. The maximum Gasteiger partial charge on any atom is 0.360 e. The van der Waals surface area contributed by atoms with Gasteiger partial charge in [0.1, 0.15) is 0 Å². The molecule has 0 radical (unpaired) electrons. The molecule has 0 saturated heterocycles. The highest BCUT2D eigenvalue weighted by atomic mass is 31.2. The molecule has 1 aromatic carbocycles. The van der Waals surface area contributed by atoms with E-state index in [4.69, 9.17) is 9.05 Å². The summed E-state index contributed by atoms with van der Waals surface area (Å²) in [6, 6.07) is 6.83. The van der Waals surface area contributed by atoms with E-state index in [9.17, 15) is 14.2 Å². The Morgan fingerprint density at radius 3 is 2.20 bits per heavy atom. The van der Waals surface area contributed by atoms with Gasteiger partial charge < -0.3 is 14.4 Å². The molecule has 1 aromatic rings. The number of carbonyl (C=O) groups excluding carboxylic acids is 2. The van der Waals surface area contributed by atoms with Gasteiger partial charge in [0.2, 0.25) is 5.91 Å². The number of benzene rings is 1. The lowest BCUT2D eigenvalue weighted by molar-refractivity contribution is -0.119. The van der Waals surface area contributed by atoms with Crippen molar-refractivity contribution in [3.8, 4) is 0 Å². The maximum absolute atomic E-state index is 12.5. The quantitative estimate of drug-likeness (QED) is 0.642. The van der Waals surface area contributed by atoms with E-state index < -0.39 is 25.1 Å². The summed E-state index contributed by atoms with van der Waals surface area (Å²) < 4.78 is 22.1. The first kappa shape index (κ1) is 16.6. The van der Waals surface area contributed by atoms with Crippen molar-refractivity contribution in [3.05, 3.63) is 35.4 Å². The fourth-order valence-corrected chi connectivity index (χ4v) is 3.10. The summed E-state index contributed by atoms with van der Waals surface area (Å²) in [6.45, 7) is 2.98. The fraction of sp³-hybridized carbons (Fsp3) is 0.385. The van der Waals surface area contributed by atoms with Gasteiger partial charge in [0.15, 0.2) is 11.6 Å². The average molecular weight is 299 g/mol. The third-order valence-electron chi connectivity index (χ3n) is 2.82. The summed E-state index contributed by atoms with van der Waals surface area (Å²) in [5.41, 5.74) is 1.08. The van der Waals surface area contributed by atoms with E-state index in [1.54, 1.807) is 31.2 Å². The Kier molecular flexibility index (Phi) is 5.62. The monoisotopic (exact) mass is 299 g/mol. The van der Waals surface area contributed by atoms with Gasteiger partial charge in [-0.05, 0) is 12.5 Å². The molecule has 1 atom stereocenters. The van der Waals surface area contributed by atoms with Crippen LogP contribution in [0.2, 0.25) is 0 Å². The fourth-order valence-electron chi connectivity index (χ4n) is 1.76. The van der Waals surface area contributed by atoms with Crippen LogP contribution < -0.4 is 5.32 Å². The molecule has 0 spiro atoms. The average Bonchev–Trinajstić information content (AvgIpc) is 2.43. The summed E-state index contributed by atoms with van der Waals surface area (Å²) in [6.07, 6.45) is 0. The molecule has 0 aromatic heterocycles. The predicted octanol–water partition coefficient (Wildman–Crippen LogP) is 2.13. The SMILES string of the molecule is COP(=O)(OC)C(NC(C)=O)C(=O)c1ccccc1C. The molecule has 20 heavy (non-hydrogen) atoms. The molecule has 110 valence electrons. The van der Waals surface area contributed by atoms with Gasteiger partial charge >= 0.3 is 7.60 Å². The summed E-state index contributed by atoms with van der Waals surface area (Å²) >= 11 is 0. The zero-order valence-corrected chi connectivity index (χ0v) is 12.8. The Bertz CT molecular complexity index is 549. The summed E-state index contributed by atoms with van der Waals surface area (Å²) in [7, 11) is -1.43. The van der Waals surface area contributed by atoms with Crippen LogP contribution in [0.1, 0.15) is 22.8 Å². The Morgan fingerprint density at radius 1 is 1.20 bits per heavy atom. The number of nitrogens with one attached hydrogen (secondary N) is 1. The standard InChI is InChI=1S/C13H18NO5P/c1-9-7-5-6-8-11(9)12(16)13(14-10(2)15)20(17,18-3)19-4/h5-8,13H,1-4H3,(H,14,15). The molecular formula is C13H18NO5P. The molecule has 1 rings (SSSR count). The number of carbonyl (C=O) groups is 2. The van der Waals surface area contributed by atoms with Gasteiger partial charge in [0, 0.05) is 26.7 Å². The minimum absolute atomic E-state index is 0.362. The van der Waals surface area contributed by atoms with Crippen molar-refractivity contribution in [2.24, 2.45) is 0 Å². The summed E-state index contributed by atoms with van der Waals surface area (Å²) in [5, 5.41) is 2.35. The van der Waals surface area contributed by atoms with Crippen LogP contribution in [0.4, 0.5) is 0 Å². The highest BCUT2D eigenvalue weighted by molar-refractivity contribution is 7.55. The number of hydrogen-bond acceptors (Lipinski definition) is 5. The van der Waals surface area contributed by atoms with Crippen molar-refractivity contribution in [3.63, 3.8) is 0 Å². The van der Waals surface area contributed by atoms with Gasteiger partial charge in [-0.1, -0.05) is 24.3 Å². The molecule has 7 heteroatoms. The normalized spacial score (nSPS) is 12.8. The Balaban J connectivity index is 3.25. The lowest BCUT2D eigenvalue weighted by atomic mass is 10.0. The van der Waals surface area contributed by atoms with Gasteiger partial charge in [0.05, 0.1) is 0 Å². The van der Waals surface area contributed by atoms with E-state index in [1.165, 1.54) is 21.1 Å². The van der Waals surface area contributed by atoms with E-state index in [0.29, 0.717) is 11.1 Å². The van der Waals surface area contributed by atoms with Crippen LogP contribution in [-0.2, 0) is 18.4 Å². The van der Waals surface area contributed by atoms with Crippen molar-refractivity contribution in [2.75, 3.05) is 14.2 Å². The van der Waals surface area contributed by atoms with Gasteiger partial charge in [-0.15, -0.1) is 0 Å². The van der Waals surface area contributed by atoms with Crippen LogP contribution >= 0.6 is 7.60 Å². The second-order valence-electron chi connectivity index (χ2n) is 4.19. The van der Waals surface area contributed by atoms with Crippen LogP contribution in [0.3, 0.4) is 0 Å². The largest absolute Gasteiger partial charge is 0.360 e. The topological polar surface area (TPSA) is 81.7 Å². The number of hydrogen-bond donors (Lipinski definition) is 1. The first-order valence-corrected chi connectivity index (χ1v) is 7.55. The van der Waals surface area contributed by atoms with Gasteiger partial charge in [0.25, 0.3) is 0 Å². The molecule has 0 saturated carbocycles. The lowest BCUT2D eigenvalue weighted by Crippen LogP contribution is -2.40. The van der Waals surface area contributed by atoms with Crippen LogP contribution in [-0.4, -0.2) is 31.7 Å². The third kappa shape index (κ3) is 3.54. The maximum atomic E-state index is 12.5. The van der Waals surface area contributed by atoms with Crippen LogP contribution in [0.15, 0.2) is 24.3 Å². The molecule has 0 bridgehead atoms. The van der Waals surface area contributed by atoms with Crippen LogP contribution in [0.25, 0.3) is 0 Å². The molecule has 1 unspecified atom stereocenters. The van der Waals surface area contributed by atoms with Gasteiger partial charge in [-0.2, -0.15) is 0 Å². The highest BCUT2D eigenvalue weighted by Gasteiger charge is 2.41. The van der Waals surface area contributed by atoms with Gasteiger partial charge in [-0.3, -0.25) is 14.2 Å². The zero-order valence-electron chi connectivity index (χ0n) is 11.9. The minimum Gasteiger partial charge on any atom is -0.336 e. The highest BCUT2D eigenvalue weighted by Crippen LogP contribution is 2.51. The molecule has 0 heterocycles. The molecule has 0 aliphatic heterocycles. The zero-order chi connectivity index (χ0) is 15.3. The first-order chi connectivity index (χ1) is 9.35. The Morgan fingerprint density at radius 2 is 1.75 bits per heavy atom. The molecule has 1 amide bonds. The van der Waals surface area contributed by atoms with E-state index in [0.717, 1.165) is 0 Å². The van der Waals surface area contributed by atoms with Crippen molar-refractivity contribution >= 4 is 19.3 Å². The molecule has 0 fully saturated rings. The van der Waals surface area contributed by atoms with E-state index >= 15 is 0 Å². The van der Waals surface area contributed by atoms with E-state index in [1.807, 2.05) is 0 Å². The number of amides is 1. The van der Waals surface area contributed by atoms with Crippen LogP contribution in [0.5, 0.6) is 0 Å². The molecular weight excluding hydrogens is 281 g/mol. The van der Waals surface area contributed by atoms with Crippen LogP contribution in [0, 0.1) is 6.92 Å². The third-order valence-corrected chi connectivity index (χ3v) is 4.84. The summed E-state index contributed by atoms with van der Waals surface area (Å²) in [5.74, 6) is -2.37. The number of rotatable bonds is 6. The minimum atomic E-state index is -3.77. The molecule has 0 aliphatic rings. The number of aryl methyl sites for hydroxylation is 1. The van der Waals surface area contributed by atoms with Crippen molar-refractivity contribution in [2.45, 2.75) is 19.6 Å². The van der Waals surface area contributed by atoms with Crippen molar-refractivity contribution in [1.29, 1.82) is 0 Å². The summed E-state index contributed by atoms with van der Waals surface area (Å²) in [4.78, 5) is 23.8. The first-order valence-electron chi connectivity index (χ1n) is 5.94. The van der Waals surface area contributed by atoms with Crippen molar-refractivity contribution in [1.82, 2.24) is 5.32 Å². The van der Waals surface area contributed by atoms with E-state index in [2.05, 4.69) is 5.32 Å². The molecule has 0 aliphatic carbocycles. The molecule has 1 N–H and O–H groups in total. The predicted molar refractivity (Wildman–Crippen MR) is 74.7 cm³/mol. The van der Waals surface area contributed by atoms with E-state index in [-0.39, 0.29) is 0 Å². The lowest BCUT2D eigenvalue weighted by Gasteiger charge is -2.24. The van der Waals surface area contributed by atoms with Gasteiger partial charge in [-0.25, -0.2) is 0 Å².